The quantitative estimate of drug-likeness (QED) is 0.851. The SMILES string of the molecule is CNC(=O)[C@H]1CN(c2ccc3c(c2)OCCc2c(OC)n[nH]c2-3)C(=O)O1. The molecule has 2 aromatic rings. The van der Waals surface area contributed by atoms with Crippen LogP contribution < -0.4 is 19.7 Å². The van der Waals surface area contributed by atoms with Crippen LogP contribution in [0.1, 0.15) is 5.56 Å². The molecule has 4 rings (SSSR count). The van der Waals surface area contributed by atoms with Gasteiger partial charge in [-0.15, -0.1) is 5.10 Å². The minimum absolute atomic E-state index is 0.153. The Hall–Kier alpha value is -3.23. The van der Waals surface area contributed by atoms with Gasteiger partial charge in [0.1, 0.15) is 5.75 Å². The van der Waals surface area contributed by atoms with Crippen molar-refractivity contribution in [2.75, 3.05) is 32.2 Å². The predicted molar refractivity (Wildman–Crippen MR) is 91.5 cm³/mol. The van der Waals surface area contributed by atoms with Gasteiger partial charge in [0.15, 0.2) is 6.10 Å². The average Bonchev–Trinajstić information content (AvgIpc) is 3.19. The molecule has 1 atom stereocenters. The summed E-state index contributed by atoms with van der Waals surface area (Å²) in [6.07, 6.45) is -0.726. The summed E-state index contributed by atoms with van der Waals surface area (Å²) in [4.78, 5) is 25.3. The summed E-state index contributed by atoms with van der Waals surface area (Å²) >= 11 is 0. The van der Waals surface area contributed by atoms with E-state index >= 15 is 0 Å². The number of benzene rings is 1. The third kappa shape index (κ3) is 2.52. The molecule has 9 heteroatoms. The molecule has 1 saturated heterocycles. The zero-order chi connectivity index (χ0) is 18.3. The number of nitrogens with one attached hydrogen (secondary N) is 2. The van der Waals surface area contributed by atoms with Crippen molar-refractivity contribution in [1.29, 1.82) is 0 Å². The number of carbonyl (C=O) groups excluding carboxylic acids is 2. The third-order valence-corrected chi connectivity index (χ3v) is 4.53. The number of rotatable bonds is 3. The van der Waals surface area contributed by atoms with Crippen LogP contribution in [0.3, 0.4) is 0 Å². The van der Waals surface area contributed by atoms with Crippen molar-refractivity contribution in [1.82, 2.24) is 15.5 Å². The standard InChI is InChI=1S/C17H18N4O5/c1-18-15(22)13-8-21(17(23)26-13)9-3-4-10-12(7-9)25-6-5-11-14(10)19-20-16(11)24-2/h3-4,7,13H,5-6,8H2,1-2H3,(H,18,22)(H,19,20)/t13-/m1/s1. The van der Waals surface area contributed by atoms with Gasteiger partial charge < -0.3 is 19.5 Å². The van der Waals surface area contributed by atoms with Crippen LogP contribution in [0.15, 0.2) is 18.2 Å². The maximum Gasteiger partial charge on any atom is 0.415 e. The summed E-state index contributed by atoms with van der Waals surface area (Å²) in [7, 11) is 3.08. The number of fused-ring (bicyclic) bond motifs is 3. The Morgan fingerprint density at radius 3 is 3.08 bits per heavy atom. The number of amides is 2. The molecule has 0 saturated carbocycles. The van der Waals surface area contributed by atoms with Crippen LogP contribution in [0.4, 0.5) is 10.5 Å². The van der Waals surface area contributed by atoms with Crippen LogP contribution in [-0.4, -0.2) is 55.6 Å². The number of aromatic amines is 1. The molecule has 0 unspecified atom stereocenters. The lowest BCUT2D eigenvalue weighted by Crippen LogP contribution is -2.35. The van der Waals surface area contributed by atoms with Crippen molar-refractivity contribution >= 4 is 17.7 Å². The monoisotopic (exact) mass is 358 g/mol. The number of nitrogens with zero attached hydrogens (tertiary/aromatic N) is 2. The van der Waals surface area contributed by atoms with Gasteiger partial charge in [-0.25, -0.2) is 4.79 Å². The first-order valence-corrected chi connectivity index (χ1v) is 8.20. The van der Waals surface area contributed by atoms with Crippen molar-refractivity contribution in [3.05, 3.63) is 23.8 Å². The van der Waals surface area contributed by atoms with Crippen LogP contribution in [0, 0.1) is 0 Å². The van der Waals surface area contributed by atoms with Gasteiger partial charge >= 0.3 is 6.09 Å². The fourth-order valence-electron chi connectivity index (χ4n) is 3.21. The summed E-state index contributed by atoms with van der Waals surface area (Å²) in [6, 6.07) is 5.41. The zero-order valence-electron chi connectivity index (χ0n) is 14.4. The maximum atomic E-state index is 12.1. The largest absolute Gasteiger partial charge is 0.492 e. The van der Waals surface area contributed by atoms with E-state index in [4.69, 9.17) is 14.2 Å². The minimum Gasteiger partial charge on any atom is -0.492 e. The molecule has 26 heavy (non-hydrogen) atoms. The van der Waals surface area contributed by atoms with Gasteiger partial charge in [0.2, 0.25) is 5.88 Å². The molecule has 0 radical (unpaired) electrons. The maximum absolute atomic E-state index is 12.1. The Kier molecular flexibility index (Phi) is 3.90. The highest BCUT2D eigenvalue weighted by Crippen LogP contribution is 2.39. The van der Waals surface area contributed by atoms with Crippen LogP contribution >= 0.6 is 0 Å². The summed E-state index contributed by atoms with van der Waals surface area (Å²) in [6.45, 7) is 0.616. The van der Waals surface area contributed by atoms with Crippen molar-refractivity contribution in [3.8, 4) is 22.9 Å². The summed E-state index contributed by atoms with van der Waals surface area (Å²) < 4.78 is 16.3. The number of likely N-dealkylation sites (N-methyl/N-ethyl adjacent to an activating group) is 1. The molecule has 0 bridgehead atoms. The van der Waals surface area contributed by atoms with E-state index < -0.39 is 12.2 Å². The number of cyclic esters (lactones) is 1. The summed E-state index contributed by atoms with van der Waals surface area (Å²) in [5, 5.41) is 9.65. The Bertz CT molecular complexity index is 878. The second kappa shape index (κ2) is 6.25. The first kappa shape index (κ1) is 16.2. The molecule has 2 N–H and O–H groups in total. The summed E-state index contributed by atoms with van der Waals surface area (Å²) in [5.74, 6) is 0.849. The molecular weight excluding hydrogens is 340 g/mol. The Morgan fingerprint density at radius 1 is 1.46 bits per heavy atom. The van der Waals surface area contributed by atoms with E-state index in [2.05, 4.69) is 15.5 Å². The van der Waals surface area contributed by atoms with Gasteiger partial charge in [0, 0.05) is 30.7 Å². The van der Waals surface area contributed by atoms with Gasteiger partial charge in [-0.2, -0.15) is 0 Å². The molecule has 2 aliphatic heterocycles. The van der Waals surface area contributed by atoms with E-state index in [1.165, 1.54) is 11.9 Å². The number of hydrogen-bond donors (Lipinski definition) is 2. The van der Waals surface area contributed by atoms with Crippen LogP contribution in [0.5, 0.6) is 11.6 Å². The number of hydrogen-bond acceptors (Lipinski definition) is 6. The van der Waals surface area contributed by atoms with Crippen LogP contribution in [0.25, 0.3) is 11.3 Å². The first-order valence-electron chi connectivity index (χ1n) is 8.20. The number of ether oxygens (including phenoxy) is 3. The number of H-pyrrole nitrogens is 1. The van der Waals surface area contributed by atoms with Gasteiger partial charge in [-0.1, -0.05) is 0 Å². The van der Waals surface area contributed by atoms with E-state index in [1.807, 2.05) is 6.07 Å². The molecule has 0 aliphatic carbocycles. The normalized spacial score (nSPS) is 18.3. The summed E-state index contributed by atoms with van der Waals surface area (Å²) in [5.41, 5.74) is 3.25. The smallest absolute Gasteiger partial charge is 0.415 e. The van der Waals surface area contributed by atoms with E-state index in [9.17, 15) is 9.59 Å². The second-order valence-corrected chi connectivity index (χ2v) is 5.96. The average molecular weight is 358 g/mol. The Balaban J connectivity index is 1.67. The van der Waals surface area contributed by atoms with Crippen molar-refractivity contribution in [2.45, 2.75) is 12.5 Å². The van der Waals surface area contributed by atoms with Crippen LogP contribution in [-0.2, 0) is 16.0 Å². The van der Waals surface area contributed by atoms with Gasteiger partial charge in [0.05, 0.1) is 31.6 Å². The molecule has 1 fully saturated rings. The van der Waals surface area contributed by atoms with Gasteiger partial charge in [0.25, 0.3) is 5.91 Å². The highest BCUT2D eigenvalue weighted by atomic mass is 16.6. The minimum atomic E-state index is -0.823. The third-order valence-electron chi connectivity index (χ3n) is 4.53. The highest BCUT2D eigenvalue weighted by molar-refractivity contribution is 5.96. The van der Waals surface area contributed by atoms with Crippen molar-refractivity contribution in [3.63, 3.8) is 0 Å². The molecule has 3 heterocycles. The fraction of sp³-hybridized carbons (Fsp3) is 0.353. The number of carbonyl (C=O) groups is 2. The predicted octanol–water partition coefficient (Wildman–Crippen LogP) is 1.09. The van der Waals surface area contributed by atoms with Crippen molar-refractivity contribution < 1.29 is 23.8 Å². The van der Waals surface area contributed by atoms with Crippen molar-refractivity contribution in [2.24, 2.45) is 0 Å². The van der Waals surface area contributed by atoms with Crippen LogP contribution in [0.2, 0.25) is 0 Å². The molecule has 9 nitrogen and oxygen atoms in total. The van der Waals surface area contributed by atoms with Gasteiger partial charge in [-0.3, -0.25) is 14.8 Å². The topological polar surface area (TPSA) is 106 Å². The number of methoxy groups -OCH3 is 1. The van der Waals surface area contributed by atoms with E-state index in [0.717, 1.165) is 16.8 Å². The number of anilines is 1. The fourth-order valence-corrected chi connectivity index (χ4v) is 3.21. The molecular formula is C17H18N4O5. The molecule has 1 aromatic carbocycles. The highest BCUT2D eigenvalue weighted by Gasteiger charge is 2.37. The molecule has 2 amide bonds. The molecule has 1 aromatic heterocycles. The second-order valence-electron chi connectivity index (χ2n) is 5.96. The lowest BCUT2D eigenvalue weighted by Gasteiger charge is -2.15. The Morgan fingerprint density at radius 2 is 2.31 bits per heavy atom. The molecule has 0 spiro atoms. The lowest BCUT2D eigenvalue weighted by molar-refractivity contribution is -0.127. The lowest BCUT2D eigenvalue weighted by atomic mass is 10.1. The molecule has 2 aliphatic rings. The number of aromatic nitrogens is 2. The van der Waals surface area contributed by atoms with E-state index in [-0.39, 0.29) is 12.5 Å². The zero-order valence-corrected chi connectivity index (χ0v) is 14.4. The van der Waals surface area contributed by atoms with E-state index in [0.29, 0.717) is 30.3 Å². The Labute approximate surface area is 149 Å². The molecule has 136 valence electrons. The van der Waals surface area contributed by atoms with Gasteiger partial charge in [-0.05, 0) is 12.1 Å². The first-order chi connectivity index (χ1) is 12.6. The van der Waals surface area contributed by atoms with E-state index in [1.54, 1.807) is 19.2 Å².